The Labute approximate surface area is 159 Å². The molecule has 1 aliphatic carbocycles. The number of benzene rings is 2. The summed E-state index contributed by atoms with van der Waals surface area (Å²) in [5.74, 6) is 0.0603. The number of halogens is 1. The number of morpholine rings is 1. The fourth-order valence-corrected chi connectivity index (χ4v) is 4.01. The van der Waals surface area contributed by atoms with Crippen molar-refractivity contribution < 1.29 is 9.53 Å². The van der Waals surface area contributed by atoms with Gasteiger partial charge in [0, 0.05) is 29.5 Å². The van der Waals surface area contributed by atoms with Crippen molar-refractivity contribution in [3.8, 4) is 0 Å². The van der Waals surface area contributed by atoms with Crippen molar-refractivity contribution in [1.29, 1.82) is 0 Å². The standard InChI is InChI=1S/C21H23ClN2O2/c22-17-5-1-4-16(14-17)21(8-3-9-21)20(25)23-18-6-2-7-19(15-18)24-10-12-26-13-11-24/h1-2,4-7,14-15H,3,8-13H2,(H,23,25). The van der Waals surface area contributed by atoms with E-state index >= 15 is 0 Å². The molecule has 0 bridgehead atoms. The van der Waals surface area contributed by atoms with Gasteiger partial charge in [-0.25, -0.2) is 0 Å². The van der Waals surface area contributed by atoms with Crippen LogP contribution in [0.15, 0.2) is 48.5 Å². The second kappa shape index (κ2) is 7.29. The van der Waals surface area contributed by atoms with Gasteiger partial charge >= 0.3 is 0 Å². The van der Waals surface area contributed by atoms with Crippen LogP contribution in [0.1, 0.15) is 24.8 Å². The molecule has 0 unspecified atom stereocenters. The zero-order chi connectivity index (χ0) is 18.0. The SMILES string of the molecule is O=C(Nc1cccc(N2CCOCC2)c1)C1(c2cccc(Cl)c2)CCC1. The van der Waals surface area contributed by atoms with Crippen molar-refractivity contribution in [1.82, 2.24) is 0 Å². The maximum atomic E-state index is 13.1. The average molecular weight is 371 g/mol. The van der Waals surface area contributed by atoms with Crippen molar-refractivity contribution in [2.75, 3.05) is 36.5 Å². The van der Waals surface area contributed by atoms with Gasteiger partial charge in [-0.2, -0.15) is 0 Å². The Morgan fingerprint density at radius 2 is 1.85 bits per heavy atom. The molecule has 1 heterocycles. The molecule has 1 amide bonds. The molecule has 1 saturated carbocycles. The van der Waals surface area contributed by atoms with Crippen molar-refractivity contribution in [2.24, 2.45) is 0 Å². The van der Waals surface area contributed by atoms with Crippen LogP contribution in [0.5, 0.6) is 0 Å². The van der Waals surface area contributed by atoms with E-state index in [1.165, 1.54) is 0 Å². The van der Waals surface area contributed by atoms with Gasteiger partial charge in [0.25, 0.3) is 0 Å². The molecule has 2 aromatic rings. The van der Waals surface area contributed by atoms with Gasteiger partial charge in [-0.05, 0) is 48.7 Å². The van der Waals surface area contributed by atoms with Gasteiger partial charge < -0.3 is 15.0 Å². The Kier molecular flexibility index (Phi) is 4.88. The van der Waals surface area contributed by atoms with Crippen molar-refractivity contribution in [3.05, 3.63) is 59.1 Å². The Bertz CT molecular complexity index is 798. The average Bonchev–Trinajstić information content (AvgIpc) is 2.62. The minimum atomic E-state index is -0.458. The van der Waals surface area contributed by atoms with Crippen molar-refractivity contribution >= 4 is 28.9 Å². The van der Waals surface area contributed by atoms with E-state index in [1.807, 2.05) is 42.5 Å². The largest absolute Gasteiger partial charge is 0.378 e. The summed E-state index contributed by atoms with van der Waals surface area (Å²) in [7, 11) is 0. The van der Waals surface area contributed by atoms with Crippen LogP contribution in [-0.2, 0) is 14.9 Å². The first-order chi connectivity index (χ1) is 12.7. The molecule has 0 atom stereocenters. The number of amides is 1. The summed E-state index contributed by atoms with van der Waals surface area (Å²) in [4.78, 5) is 15.4. The summed E-state index contributed by atoms with van der Waals surface area (Å²) in [6.45, 7) is 3.25. The molecule has 26 heavy (non-hydrogen) atoms. The first kappa shape index (κ1) is 17.4. The lowest BCUT2D eigenvalue weighted by atomic mass is 9.64. The molecule has 2 aliphatic rings. The summed E-state index contributed by atoms with van der Waals surface area (Å²) in [5.41, 5.74) is 2.52. The third-order valence-corrected chi connectivity index (χ3v) is 5.73. The molecule has 1 saturated heterocycles. The Morgan fingerprint density at radius 3 is 2.54 bits per heavy atom. The molecule has 5 heteroatoms. The van der Waals surface area contributed by atoms with Crippen LogP contribution in [-0.4, -0.2) is 32.2 Å². The van der Waals surface area contributed by atoms with E-state index in [9.17, 15) is 4.79 Å². The lowest BCUT2D eigenvalue weighted by molar-refractivity contribution is -0.124. The van der Waals surface area contributed by atoms with Crippen LogP contribution < -0.4 is 10.2 Å². The molecule has 1 aliphatic heterocycles. The predicted octanol–water partition coefficient (Wildman–Crippen LogP) is 4.24. The second-order valence-electron chi connectivity index (χ2n) is 7.05. The Hall–Kier alpha value is -2.04. The number of ether oxygens (including phenoxy) is 1. The van der Waals surface area contributed by atoms with Gasteiger partial charge in [-0.3, -0.25) is 4.79 Å². The Balaban J connectivity index is 1.54. The van der Waals surface area contributed by atoms with Gasteiger partial charge in [0.1, 0.15) is 0 Å². The normalized spacial score (nSPS) is 18.9. The zero-order valence-electron chi connectivity index (χ0n) is 14.7. The molecule has 2 fully saturated rings. The van der Waals surface area contributed by atoms with Crippen LogP contribution in [0.2, 0.25) is 5.02 Å². The molecule has 0 radical (unpaired) electrons. The van der Waals surface area contributed by atoms with E-state index in [0.717, 1.165) is 62.5 Å². The smallest absolute Gasteiger partial charge is 0.235 e. The molecule has 136 valence electrons. The lowest BCUT2D eigenvalue weighted by Gasteiger charge is -2.40. The molecule has 0 aromatic heterocycles. The monoisotopic (exact) mass is 370 g/mol. The number of hydrogen-bond donors (Lipinski definition) is 1. The van der Waals surface area contributed by atoms with Crippen LogP contribution in [0.4, 0.5) is 11.4 Å². The maximum absolute atomic E-state index is 13.1. The summed E-state index contributed by atoms with van der Waals surface area (Å²) in [6.07, 6.45) is 2.79. The quantitative estimate of drug-likeness (QED) is 0.875. The van der Waals surface area contributed by atoms with E-state index in [4.69, 9.17) is 16.3 Å². The molecule has 4 rings (SSSR count). The van der Waals surface area contributed by atoms with Crippen LogP contribution in [0.3, 0.4) is 0 Å². The van der Waals surface area contributed by atoms with E-state index in [2.05, 4.69) is 16.3 Å². The van der Waals surface area contributed by atoms with Gasteiger partial charge in [0.15, 0.2) is 0 Å². The van der Waals surface area contributed by atoms with Gasteiger partial charge in [0.2, 0.25) is 5.91 Å². The molecular weight excluding hydrogens is 348 g/mol. The number of hydrogen-bond acceptors (Lipinski definition) is 3. The van der Waals surface area contributed by atoms with E-state index in [1.54, 1.807) is 0 Å². The molecular formula is C21H23ClN2O2. The molecule has 2 aromatic carbocycles. The minimum Gasteiger partial charge on any atom is -0.378 e. The van der Waals surface area contributed by atoms with E-state index in [-0.39, 0.29) is 5.91 Å². The fourth-order valence-electron chi connectivity index (χ4n) is 3.82. The van der Waals surface area contributed by atoms with Crippen LogP contribution in [0.25, 0.3) is 0 Å². The highest BCUT2D eigenvalue weighted by Crippen LogP contribution is 2.45. The van der Waals surface area contributed by atoms with E-state index in [0.29, 0.717) is 5.02 Å². The van der Waals surface area contributed by atoms with E-state index < -0.39 is 5.41 Å². The highest BCUT2D eigenvalue weighted by Gasteiger charge is 2.45. The highest BCUT2D eigenvalue weighted by molar-refractivity contribution is 6.30. The minimum absolute atomic E-state index is 0.0603. The third kappa shape index (κ3) is 3.31. The molecule has 4 nitrogen and oxygen atoms in total. The number of carbonyl (C=O) groups excluding carboxylic acids is 1. The molecule has 1 N–H and O–H groups in total. The number of rotatable bonds is 4. The Morgan fingerprint density at radius 1 is 1.08 bits per heavy atom. The first-order valence-corrected chi connectivity index (χ1v) is 9.55. The predicted molar refractivity (Wildman–Crippen MR) is 105 cm³/mol. The fraction of sp³-hybridized carbons (Fsp3) is 0.381. The summed E-state index contributed by atoms with van der Waals surface area (Å²) >= 11 is 6.16. The summed E-state index contributed by atoms with van der Waals surface area (Å²) in [6, 6.07) is 15.8. The van der Waals surface area contributed by atoms with Crippen molar-refractivity contribution in [3.63, 3.8) is 0 Å². The number of anilines is 2. The maximum Gasteiger partial charge on any atom is 0.235 e. The van der Waals surface area contributed by atoms with Crippen LogP contribution >= 0.6 is 11.6 Å². The van der Waals surface area contributed by atoms with Crippen molar-refractivity contribution in [2.45, 2.75) is 24.7 Å². The zero-order valence-corrected chi connectivity index (χ0v) is 15.5. The first-order valence-electron chi connectivity index (χ1n) is 9.18. The lowest BCUT2D eigenvalue weighted by Crippen LogP contribution is -2.46. The molecule has 0 spiro atoms. The summed E-state index contributed by atoms with van der Waals surface area (Å²) in [5, 5.41) is 3.82. The van der Waals surface area contributed by atoms with Gasteiger partial charge in [-0.15, -0.1) is 0 Å². The number of nitrogens with one attached hydrogen (secondary N) is 1. The van der Waals surface area contributed by atoms with Crippen LogP contribution in [0, 0.1) is 0 Å². The number of carbonyl (C=O) groups is 1. The van der Waals surface area contributed by atoms with Gasteiger partial charge in [0.05, 0.1) is 18.6 Å². The third-order valence-electron chi connectivity index (χ3n) is 5.50. The topological polar surface area (TPSA) is 41.6 Å². The highest BCUT2D eigenvalue weighted by atomic mass is 35.5. The summed E-state index contributed by atoms with van der Waals surface area (Å²) < 4.78 is 5.42. The van der Waals surface area contributed by atoms with Gasteiger partial charge in [-0.1, -0.05) is 36.2 Å². The number of nitrogens with zero attached hydrogens (tertiary/aromatic N) is 1. The second-order valence-corrected chi connectivity index (χ2v) is 7.49.